The van der Waals surface area contributed by atoms with Crippen molar-refractivity contribution in [1.82, 2.24) is 10.2 Å². The number of carbonyl (C=O) groups is 1. The van der Waals surface area contributed by atoms with E-state index >= 15 is 0 Å². The summed E-state index contributed by atoms with van der Waals surface area (Å²) in [7, 11) is 3.04. The van der Waals surface area contributed by atoms with Crippen molar-refractivity contribution in [2.75, 3.05) is 14.1 Å². The minimum absolute atomic E-state index is 0.0571. The van der Waals surface area contributed by atoms with Crippen LogP contribution < -0.4 is 5.32 Å². The highest BCUT2D eigenvalue weighted by molar-refractivity contribution is 5.81. The summed E-state index contributed by atoms with van der Waals surface area (Å²) in [5.74, 6) is -0.342. The van der Waals surface area contributed by atoms with E-state index in [1.165, 1.54) is 25.9 Å². The smallest absolute Gasteiger partial charge is 0.347 e. The molecule has 0 aliphatic heterocycles. The summed E-state index contributed by atoms with van der Waals surface area (Å²) in [5, 5.41) is 2.37. The standard InChI is InChI=1S/C9H15F3N2O/c1-6(7(15)14(2)3)13-8(4-5-8)9(10,11)12/h6,13H,4-5H2,1-3H3. The summed E-state index contributed by atoms with van der Waals surface area (Å²) in [6, 6.07) is -0.802. The zero-order valence-corrected chi connectivity index (χ0v) is 8.98. The number of rotatable bonds is 3. The van der Waals surface area contributed by atoms with E-state index in [2.05, 4.69) is 5.32 Å². The Kier molecular flexibility index (Phi) is 3.00. The second-order valence-corrected chi connectivity index (χ2v) is 4.18. The quantitative estimate of drug-likeness (QED) is 0.779. The molecule has 6 heteroatoms. The molecule has 0 bridgehead atoms. The molecule has 3 nitrogen and oxygen atoms in total. The van der Waals surface area contributed by atoms with Crippen LogP contribution in [0, 0.1) is 0 Å². The third-order valence-electron chi connectivity index (χ3n) is 2.60. The lowest BCUT2D eigenvalue weighted by molar-refractivity contribution is -0.169. The lowest BCUT2D eigenvalue weighted by Gasteiger charge is -2.26. The molecule has 0 spiro atoms. The molecule has 15 heavy (non-hydrogen) atoms. The molecule has 1 fully saturated rings. The summed E-state index contributed by atoms with van der Waals surface area (Å²) in [6.07, 6.45) is -4.16. The molecule has 1 atom stereocenters. The van der Waals surface area contributed by atoms with E-state index in [1.54, 1.807) is 0 Å². The fraction of sp³-hybridized carbons (Fsp3) is 0.889. The van der Waals surface area contributed by atoms with E-state index in [1.807, 2.05) is 0 Å². The van der Waals surface area contributed by atoms with Crippen LogP contribution >= 0.6 is 0 Å². The van der Waals surface area contributed by atoms with Crippen molar-refractivity contribution in [3.8, 4) is 0 Å². The molecule has 0 aromatic carbocycles. The molecule has 1 rings (SSSR count). The predicted octanol–water partition coefficient (Wildman–Crippen LogP) is 1.15. The van der Waals surface area contributed by atoms with Crippen LogP contribution in [0.25, 0.3) is 0 Å². The monoisotopic (exact) mass is 224 g/mol. The van der Waals surface area contributed by atoms with Gasteiger partial charge in [0, 0.05) is 14.1 Å². The average molecular weight is 224 g/mol. The normalized spacial score (nSPS) is 20.9. The number of alkyl halides is 3. The summed E-state index contributed by atoms with van der Waals surface area (Å²) < 4.78 is 37.6. The first-order valence-electron chi connectivity index (χ1n) is 4.75. The average Bonchev–Trinajstić information content (AvgIpc) is 2.82. The van der Waals surface area contributed by atoms with Gasteiger partial charge in [0.2, 0.25) is 5.91 Å². The van der Waals surface area contributed by atoms with Crippen LogP contribution in [-0.2, 0) is 4.79 Å². The fourth-order valence-electron chi connectivity index (χ4n) is 1.50. The molecule has 1 aliphatic carbocycles. The first kappa shape index (κ1) is 12.3. The molecule has 1 amide bonds. The van der Waals surface area contributed by atoms with E-state index in [4.69, 9.17) is 0 Å². The third-order valence-corrected chi connectivity index (χ3v) is 2.60. The highest BCUT2D eigenvalue weighted by Crippen LogP contribution is 2.49. The van der Waals surface area contributed by atoms with Gasteiger partial charge >= 0.3 is 6.18 Å². The van der Waals surface area contributed by atoms with Crippen LogP contribution in [0.2, 0.25) is 0 Å². The van der Waals surface area contributed by atoms with Gasteiger partial charge in [0.1, 0.15) is 5.54 Å². The van der Waals surface area contributed by atoms with Gasteiger partial charge in [0.25, 0.3) is 0 Å². The summed E-state index contributed by atoms with van der Waals surface area (Å²) in [6.45, 7) is 1.45. The molecule has 1 unspecified atom stereocenters. The molecule has 1 saturated carbocycles. The number of amides is 1. The maximum Gasteiger partial charge on any atom is 0.406 e. The van der Waals surface area contributed by atoms with Crippen LogP contribution in [0.15, 0.2) is 0 Å². The molecule has 0 heterocycles. The van der Waals surface area contributed by atoms with Gasteiger partial charge in [0.15, 0.2) is 0 Å². The molecule has 0 radical (unpaired) electrons. The molecule has 0 aromatic heterocycles. The van der Waals surface area contributed by atoms with E-state index < -0.39 is 17.8 Å². The molecule has 1 N–H and O–H groups in total. The van der Waals surface area contributed by atoms with Crippen LogP contribution in [0.3, 0.4) is 0 Å². The van der Waals surface area contributed by atoms with E-state index in [0.29, 0.717) is 0 Å². The fourth-order valence-corrected chi connectivity index (χ4v) is 1.50. The van der Waals surface area contributed by atoms with Gasteiger partial charge in [-0.1, -0.05) is 0 Å². The predicted molar refractivity (Wildman–Crippen MR) is 49.3 cm³/mol. The Balaban J connectivity index is 2.60. The molecule has 0 saturated heterocycles. The first-order valence-corrected chi connectivity index (χ1v) is 4.75. The van der Waals surface area contributed by atoms with Crippen LogP contribution in [0.1, 0.15) is 19.8 Å². The van der Waals surface area contributed by atoms with Crippen molar-refractivity contribution in [3.63, 3.8) is 0 Å². The topological polar surface area (TPSA) is 32.3 Å². The second-order valence-electron chi connectivity index (χ2n) is 4.18. The third kappa shape index (κ3) is 2.42. The van der Waals surface area contributed by atoms with Gasteiger partial charge in [-0.25, -0.2) is 0 Å². The SMILES string of the molecule is CC(NC1(C(F)(F)F)CC1)C(=O)N(C)C. The lowest BCUT2D eigenvalue weighted by atomic mass is 10.2. The zero-order chi connectivity index (χ0) is 11.9. The van der Waals surface area contributed by atoms with E-state index in [9.17, 15) is 18.0 Å². The Labute approximate surface area is 86.6 Å². The van der Waals surface area contributed by atoms with Gasteiger partial charge in [-0.15, -0.1) is 0 Å². The van der Waals surface area contributed by atoms with Crippen LogP contribution in [-0.4, -0.2) is 42.7 Å². The zero-order valence-electron chi connectivity index (χ0n) is 8.98. The van der Waals surface area contributed by atoms with Crippen molar-refractivity contribution < 1.29 is 18.0 Å². The maximum atomic E-state index is 12.5. The van der Waals surface area contributed by atoms with Crippen molar-refractivity contribution in [2.24, 2.45) is 0 Å². The van der Waals surface area contributed by atoms with Crippen molar-refractivity contribution in [3.05, 3.63) is 0 Å². The summed E-state index contributed by atoms with van der Waals surface area (Å²) >= 11 is 0. The molecular formula is C9H15F3N2O. The van der Waals surface area contributed by atoms with Gasteiger partial charge < -0.3 is 4.90 Å². The van der Waals surface area contributed by atoms with Crippen LogP contribution in [0.4, 0.5) is 13.2 Å². The minimum atomic E-state index is -4.27. The number of halogens is 3. The van der Waals surface area contributed by atoms with Gasteiger partial charge in [-0.3, -0.25) is 10.1 Å². The second kappa shape index (κ2) is 3.66. The Morgan fingerprint density at radius 3 is 2.13 bits per heavy atom. The number of hydrogen-bond acceptors (Lipinski definition) is 2. The Bertz CT molecular complexity index is 259. The number of hydrogen-bond donors (Lipinski definition) is 1. The highest BCUT2D eigenvalue weighted by atomic mass is 19.4. The van der Waals surface area contributed by atoms with Crippen molar-refractivity contribution in [2.45, 2.75) is 37.5 Å². The van der Waals surface area contributed by atoms with Gasteiger partial charge in [0.05, 0.1) is 6.04 Å². The Hall–Kier alpha value is -0.780. The van der Waals surface area contributed by atoms with Crippen molar-refractivity contribution >= 4 is 5.91 Å². The minimum Gasteiger partial charge on any atom is -0.347 e. The van der Waals surface area contributed by atoms with Gasteiger partial charge in [-0.05, 0) is 19.8 Å². The maximum absolute atomic E-state index is 12.5. The molecule has 1 aliphatic rings. The van der Waals surface area contributed by atoms with E-state index in [0.717, 1.165) is 0 Å². The number of nitrogens with one attached hydrogen (secondary N) is 1. The molecular weight excluding hydrogens is 209 g/mol. The Morgan fingerprint density at radius 2 is 1.87 bits per heavy atom. The largest absolute Gasteiger partial charge is 0.406 e. The van der Waals surface area contributed by atoms with Gasteiger partial charge in [-0.2, -0.15) is 13.2 Å². The first-order chi connectivity index (χ1) is 6.69. The van der Waals surface area contributed by atoms with E-state index in [-0.39, 0.29) is 18.7 Å². The summed E-state index contributed by atoms with van der Waals surface area (Å²) in [4.78, 5) is 12.7. The lowest BCUT2D eigenvalue weighted by Crippen LogP contribution is -2.53. The number of likely N-dealkylation sites (N-methyl/N-ethyl adjacent to an activating group) is 1. The number of carbonyl (C=O) groups excluding carboxylic acids is 1. The Morgan fingerprint density at radius 1 is 1.40 bits per heavy atom. The molecule has 88 valence electrons. The van der Waals surface area contributed by atoms with Crippen LogP contribution in [0.5, 0.6) is 0 Å². The van der Waals surface area contributed by atoms with Crippen molar-refractivity contribution in [1.29, 1.82) is 0 Å². The summed E-state index contributed by atoms with van der Waals surface area (Å²) in [5.41, 5.74) is -1.82. The number of nitrogens with zero attached hydrogens (tertiary/aromatic N) is 1. The highest BCUT2D eigenvalue weighted by Gasteiger charge is 2.63. The molecule has 0 aromatic rings.